The second-order valence-electron chi connectivity index (χ2n) is 3.24. The minimum absolute atomic E-state index is 0. The molecule has 1 aliphatic heterocycles. The van der Waals surface area contributed by atoms with Gasteiger partial charge in [-0.05, 0) is 12.1 Å². The van der Waals surface area contributed by atoms with Crippen molar-refractivity contribution < 1.29 is 4.79 Å². The van der Waals surface area contributed by atoms with Gasteiger partial charge in [0.2, 0.25) is 5.91 Å². The second-order valence-corrected chi connectivity index (χ2v) is 4.68. The molecular formula is C10H12Cl2N2OS. The Morgan fingerprint density at radius 1 is 1.50 bits per heavy atom. The van der Waals surface area contributed by atoms with Crippen molar-refractivity contribution in [2.45, 2.75) is 6.04 Å². The van der Waals surface area contributed by atoms with Crippen molar-refractivity contribution in [3.8, 4) is 0 Å². The third kappa shape index (κ3) is 3.28. The normalized spacial score (nSPS) is 18.9. The van der Waals surface area contributed by atoms with Crippen molar-refractivity contribution in [3.05, 3.63) is 29.3 Å². The number of rotatable bonds is 2. The standard InChI is InChI=1S/C10H11ClN2OS.ClH/c11-7-3-1-2-4-8(7)13-10(14)9-5-15-6-12-9;/h1-4,9,12H,5-6H2,(H,13,14);1H/t9-;/m1./s1. The van der Waals surface area contributed by atoms with Gasteiger partial charge in [0.25, 0.3) is 0 Å². The minimum Gasteiger partial charge on any atom is -0.323 e. The van der Waals surface area contributed by atoms with Gasteiger partial charge in [0.15, 0.2) is 0 Å². The molecule has 0 spiro atoms. The number of halogens is 2. The molecule has 0 saturated carbocycles. The van der Waals surface area contributed by atoms with Crippen LogP contribution in [0.3, 0.4) is 0 Å². The highest BCUT2D eigenvalue weighted by Gasteiger charge is 2.22. The van der Waals surface area contributed by atoms with Gasteiger partial charge >= 0.3 is 0 Å². The third-order valence-corrected chi connectivity index (χ3v) is 3.43. The van der Waals surface area contributed by atoms with Crippen LogP contribution in [0.25, 0.3) is 0 Å². The molecule has 2 N–H and O–H groups in total. The van der Waals surface area contributed by atoms with Crippen molar-refractivity contribution in [3.63, 3.8) is 0 Å². The highest BCUT2D eigenvalue weighted by Crippen LogP contribution is 2.21. The summed E-state index contributed by atoms with van der Waals surface area (Å²) in [6, 6.07) is 7.13. The molecule has 6 heteroatoms. The molecule has 1 saturated heterocycles. The summed E-state index contributed by atoms with van der Waals surface area (Å²) in [4.78, 5) is 11.7. The van der Waals surface area contributed by atoms with Gasteiger partial charge in [0.05, 0.1) is 16.8 Å². The van der Waals surface area contributed by atoms with Crippen LogP contribution in [0, 0.1) is 0 Å². The van der Waals surface area contributed by atoms with Crippen molar-refractivity contribution in [1.82, 2.24) is 5.32 Å². The lowest BCUT2D eigenvalue weighted by Gasteiger charge is -2.11. The Balaban J connectivity index is 0.00000128. The molecule has 88 valence electrons. The van der Waals surface area contributed by atoms with E-state index in [1.165, 1.54) is 0 Å². The molecule has 1 aliphatic rings. The van der Waals surface area contributed by atoms with E-state index in [1.54, 1.807) is 23.9 Å². The molecule has 0 radical (unpaired) electrons. The van der Waals surface area contributed by atoms with E-state index in [4.69, 9.17) is 11.6 Å². The number of benzene rings is 1. The van der Waals surface area contributed by atoms with Gasteiger partial charge in [-0.2, -0.15) is 0 Å². The van der Waals surface area contributed by atoms with E-state index in [0.29, 0.717) is 10.7 Å². The summed E-state index contributed by atoms with van der Waals surface area (Å²) in [5.41, 5.74) is 0.669. The first-order valence-electron chi connectivity index (χ1n) is 4.64. The van der Waals surface area contributed by atoms with Gasteiger partial charge in [-0.15, -0.1) is 24.2 Å². The van der Waals surface area contributed by atoms with Crippen LogP contribution in [0.4, 0.5) is 5.69 Å². The monoisotopic (exact) mass is 278 g/mol. The molecule has 1 atom stereocenters. The number of carbonyl (C=O) groups excluding carboxylic acids is 1. The highest BCUT2D eigenvalue weighted by molar-refractivity contribution is 7.99. The Morgan fingerprint density at radius 3 is 2.88 bits per heavy atom. The molecule has 0 unspecified atom stereocenters. The van der Waals surface area contributed by atoms with Crippen LogP contribution in [0.5, 0.6) is 0 Å². The Kier molecular flexibility index (Phi) is 5.41. The molecule has 1 amide bonds. The first-order valence-corrected chi connectivity index (χ1v) is 6.17. The van der Waals surface area contributed by atoms with Crippen molar-refractivity contribution in [1.29, 1.82) is 0 Å². The van der Waals surface area contributed by atoms with Crippen molar-refractivity contribution >= 4 is 47.4 Å². The van der Waals surface area contributed by atoms with E-state index < -0.39 is 0 Å². The minimum atomic E-state index is -0.105. The highest BCUT2D eigenvalue weighted by atomic mass is 35.5. The molecule has 1 aromatic rings. The maximum Gasteiger partial charge on any atom is 0.242 e. The summed E-state index contributed by atoms with van der Waals surface area (Å²) in [7, 11) is 0. The molecule has 1 fully saturated rings. The Morgan fingerprint density at radius 2 is 2.25 bits per heavy atom. The topological polar surface area (TPSA) is 41.1 Å². The number of hydrogen-bond donors (Lipinski definition) is 2. The van der Waals surface area contributed by atoms with Gasteiger partial charge in [0, 0.05) is 11.6 Å². The van der Waals surface area contributed by atoms with Crippen LogP contribution in [-0.2, 0) is 4.79 Å². The summed E-state index contributed by atoms with van der Waals surface area (Å²) >= 11 is 7.66. The fraction of sp³-hybridized carbons (Fsp3) is 0.300. The zero-order chi connectivity index (χ0) is 10.7. The average molecular weight is 279 g/mol. The molecule has 0 bridgehead atoms. The van der Waals surface area contributed by atoms with E-state index in [1.807, 2.05) is 12.1 Å². The number of para-hydroxylation sites is 1. The quantitative estimate of drug-likeness (QED) is 0.873. The smallest absolute Gasteiger partial charge is 0.242 e. The molecule has 16 heavy (non-hydrogen) atoms. The van der Waals surface area contributed by atoms with E-state index in [0.717, 1.165) is 11.6 Å². The largest absolute Gasteiger partial charge is 0.323 e. The predicted octanol–water partition coefficient (Wildman–Crippen LogP) is 2.36. The fourth-order valence-corrected chi connectivity index (χ4v) is 2.47. The average Bonchev–Trinajstić information content (AvgIpc) is 2.74. The van der Waals surface area contributed by atoms with E-state index in [-0.39, 0.29) is 24.4 Å². The van der Waals surface area contributed by atoms with Crippen LogP contribution < -0.4 is 10.6 Å². The SMILES string of the molecule is Cl.O=C(Nc1ccccc1Cl)[C@H]1CSCN1. The Bertz CT molecular complexity index is 370. The Labute approximate surface area is 110 Å². The molecule has 1 heterocycles. The fourth-order valence-electron chi connectivity index (χ4n) is 1.35. The number of hydrogen-bond acceptors (Lipinski definition) is 3. The Hall–Kier alpha value is -0.420. The van der Waals surface area contributed by atoms with Crippen LogP contribution in [0.15, 0.2) is 24.3 Å². The number of amides is 1. The first kappa shape index (κ1) is 13.6. The number of thioether (sulfide) groups is 1. The zero-order valence-corrected chi connectivity index (χ0v) is 10.8. The number of carbonyl (C=O) groups is 1. The molecule has 3 nitrogen and oxygen atoms in total. The van der Waals surface area contributed by atoms with Gasteiger partial charge < -0.3 is 5.32 Å². The summed E-state index contributed by atoms with van der Waals surface area (Å²) in [5.74, 6) is 1.63. The van der Waals surface area contributed by atoms with Crippen LogP contribution >= 0.6 is 35.8 Å². The van der Waals surface area contributed by atoms with Crippen molar-refractivity contribution in [2.75, 3.05) is 16.9 Å². The first-order chi connectivity index (χ1) is 7.27. The summed E-state index contributed by atoms with van der Waals surface area (Å²) in [5, 5.41) is 6.48. The van der Waals surface area contributed by atoms with Crippen LogP contribution in [-0.4, -0.2) is 23.6 Å². The maximum atomic E-state index is 11.7. The van der Waals surface area contributed by atoms with E-state index in [9.17, 15) is 4.79 Å². The second kappa shape index (κ2) is 6.35. The van der Waals surface area contributed by atoms with Crippen LogP contribution in [0.2, 0.25) is 5.02 Å². The molecule has 0 aliphatic carbocycles. The third-order valence-electron chi connectivity index (χ3n) is 2.16. The molecule has 1 aromatic carbocycles. The summed E-state index contributed by atoms with van der Waals surface area (Å²) in [6.07, 6.45) is 0. The van der Waals surface area contributed by atoms with E-state index in [2.05, 4.69) is 10.6 Å². The summed E-state index contributed by atoms with van der Waals surface area (Å²) < 4.78 is 0. The van der Waals surface area contributed by atoms with Crippen LogP contribution in [0.1, 0.15) is 0 Å². The predicted molar refractivity (Wildman–Crippen MR) is 71.6 cm³/mol. The van der Waals surface area contributed by atoms with Gasteiger partial charge in [-0.1, -0.05) is 23.7 Å². The number of nitrogens with one attached hydrogen (secondary N) is 2. The van der Waals surface area contributed by atoms with Gasteiger partial charge in [0.1, 0.15) is 0 Å². The van der Waals surface area contributed by atoms with Gasteiger partial charge in [-0.3, -0.25) is 10.1 Å². The van der Waals surface area contributed by atoms with E-state index >= 15 is 0 Å². The maximum absolute atomic E-state index is 11.7. The lowest BCUT2D eigenvalue weighted by molar-refractivity contribution is -0.117. The molecule has 2 rings (SSSR count). The lowest BCUT2D eigenvalue weighted by atomic mass is 10.2. The van der Waals surface area contributed by atoms with Gasteiger partial charge in [-0.25, -0.2) is 0 Å². The molecule has 0 aromatic heterocycles. The zero-order valence-electron chi connectivity index (χ0n) is 8.40. The van der Waals surface area contributed by atoms with Crippen molar-refractivity contribution in [2.24, 2.45) is 0 Å². The summed E-state index contributed by atoms with van der Waals surface area (Å²) in [6.45, 7) is 0. The lowest BCUT2D eigenvalue weighted by Crippen LogP contribution is -2.37. The molecular weight excluding hydrogens is 267 g/mol. The number of anilines is 1.